The molecule has 0 bridgehead atoms. The maximum absolute atomic E-state index is 6.40. The predicted octanol–water partition coefficient (Wildman–Crippen LogP) is 4.13. The summed E-state index contributed by atoms with van der Waals surface area (Å²) in [4.78, 5) is 0. The van der Waals surface area contributed by atoms with E-state index in [0.29, 0.717) is 16.5 Å². The van der Waals surface area contributed by atoms with Gasteiger partial charge in [-0.1, -0.05) is 32.1 Å². The highest BCUT2D eigenvalue weighted by Gasteiger charge is 2.42. The highest BCUT2D eigenvalue weighted by molar-refractivity contribution is 8.00. The van der Waals surface area contributed by atoms with E-state index in [1.165, 1.54) is 77.2 Å². The zero-order valence-corrected chi connectivity index (χ0v) is 13.9. The molecule has 0 aromatic carbocycles. The van der Waals surface area contributed by atoms with Crippen LogP contribution in [0, 0.1) is 0 Å². The maximum atomic E-state index is 6.40. The van der Waals surface area contributed by atoms with Crippen LogP contribution in [0.2, 0.25) is 0 Å². The van der Waals surface area contributed by atoms with Gasteiger partial charge in [0, 0.05) is 17.8 Å². The molecule has 20 heavy (non-hydrogen) atoms. The standard InChI is InChI=1S/C17H31NOS/c1-20-17(10-3-2-4-11-17)14-18-13-15-7-12-16(19-15)8-5-6-9-16/h15,18H,2-14H2,1H3. The SMILES string of the molecule is CSC1(CNCC2CCC3(CCCC3)O2)CCCCC1. The summed E-state index contributed by atoms with van der Waals surface area (Å²) in [5, 5.41) is 3.75. The van der Waals surface area contributed by atoms with Crippen molar-refractivity contribution >= 4 is 11.8 Å². The number of ether oxygens (including phenoxy) is 1. The number of nitrogens with one attached hydrogen (secondary N) is 1. The van der Waals surface area contributed by atoms with E-state index in [9.17, 15) is 0 Å². The highest BCUT2D eigenvalue weighted by atomic mass is 32.2. The van der Waals surface area contributed by atoms with E-state index in [0.717, 1.165) is 6.54 Å². The van der Waals surface area contributed by atoms with Crippen molar-refractivity contribution in [2.45, 2.75) is 87.1 Å². The smallest absolute Gasteiger partial charge is 0.0708 e. The topological polar surface area (TPSA) is 21.3 Å². The van der Waals surface area contributed by atoms with Gasteiger partial charge in [0.25, 0.3) is 0 Å². The Labute approximate surface area is 128 Å². The quantitative estimate of drug-likeness (QED) is 0.824. The summed E-state index contributed by atoms with van der Waals surface area (Å²) in [7, 11) is 0. The molecule has 1 atom stereocenters. The first kappa shape index (κ1) is 15.2. The molecule has 116 valence electrons. The van der Waals surface area contributed by atoms with Crippen molar-refractivity contribution in [2.75, 3.05) is 19.3 Å². The third kappa shape index (κ3) is 3.36. The monoisotopic (exact) mass is 297 g/mol. The highest BCUT2D eigenvalue weighted by Crippen LogP contribution is 2.43. The third-order valence-electron chi connectivity index (χ3n) is 5.87. The Bertz CT molecular complexity index is 308. The first-order chi connectivity index (χ1) is 9.76. The molecule has 0 aromatic heterocycles. The summed E-state index contributed by atoms with van der Waals surface area (Å²) in [6.07, 6.45) is 17.9. The normalized spacial score (nSPS) is 31.9. The van der Waals surface area contributed by atoms with Gasteiger partial charge in [0.15, 0.2) is 0 Å². The van der Waals surface area contributed by atoms with Gasteiger partial charge in [0.1, 0.15) is 0 Å². The molecule has 2 aliphatic carbocycles. The van der Waals surface area contributed by atoms with Crippen LogP contribution in [-0.2, 0) is 4.74 Å². The van der Waals surface area contributed by atoms with Crippen molar-refractivity contribution in [3.05, 3.63) is 0 Å². The van der Waals surface area contributed by atoms with Gasteiger partial charge in [-0.2, -0.15) is 11.8 Å². The van der Waals surface area contributed by atoms with E-state index in [1.54, 1.807) is 0 Å². The summed E-state index contributed by atoms with van der Waals surface area (Å²) in [6, 6.07) is 0. The minimum absolute atomic E-state index is 0.300. The second-order valence-corrected chi connectivity index (χ2v) is 8.52. The molecule has 0 aromatic rings. The van der Waals surface area contributed by atoms with Gasteiger partial charge in [0.05, 0.1) is 11.7 Å². The van der Waals surface area contributed by atoms with Crippen molar-refractivity contribution in [1.29, 1.82) is 0 Å². The molecule has 3 fully saturated rings. The molecule has 3 rings (SSSR count). The molecule has 1 N–H and O–H groups in total. The molecule has 1 aliphatic heterocycles. The molecule has 2 saturated carbocycles. The van der Waals surface area contributed by atoms with Gasteiger partial charge in [-0.15, -0.1) is 0 Å². The first-order valence-electron chi connectivity index (χ1n) is 8.70. The lowest BCUT2D eigenvalue weighted by molar-refractivity contribution is -0.0352. The van der Waals surface area contributed by atoms with Crippen molar-refractivity contribution < 1.29 is 4.74 Å². The lowest BCUT2D eigenvalue weighted by Crippen LogP contribution is -2.42. The summed E-state index contributed by atoms with van der Waals surface area (Å²) in [5.74, 6) is 0. The number of thioether (sulfide) groups is 1. The Morgan fingerprint density at radius 3 is 2.40 bits per heavy atom. The zero-order valence-electron chi connectivity index (χ0n) is 13.1. The fourth-order valence-corrected chi connectivity index (χ4v) is 5.48. The second-order valence-electron chi connectivity index (χ2n) is 7.25. The largest absolute Gasteiger partial charge is 0.370 e. The van der Waals surface area contributed by atoms with Crippen LogP contribution >= 0.6 is 11.8 Å². The van der Waals surface area contributed by atoms with Crippen LogP contribution in [0.1, 0.15) is 70.6 Å². The summed E-state index contributed by atoms with van der Waals surface area (Å²) in [5.41, 5.74) is 0.300. The molecule has 0 amide bonds. The first-order valence-corrected chi connectivity index (χ1v) is 9.92. The van der Waals surface area contributed by atoms with Crippen LogP contribution in [-0.4, -0.2) is 35.8 Å². The molecule has 1 unspecified atom stereocenters. The Kier molecular flexibility index (Phi) is 4.99. The predicted molar refractivity (Wildman–Crippen MR) is 87.5 cm³/mol. The fraction of sp³-hybridized carbons (Fsp3) is 1.00. The Morgan fingerprint density at radius 2 is 1.70 bits per heavy atom. The molecule has 3 aliphatic rings. The van der Waals surface area contributed by atoms with Gasteiger partial charge >= 0.3 is 0 Å². The third-order valence-corrected chi connectivity index (χ3v) is 7.29. The molecule has 2 nitrogen and oxygen atoms in total. The van der Waals surface area contributed by atoms with Gasteiger partial charge in [-0.25, -0.2) is 0 Å². The lowest BCUT2D eigenvalue weighted by Gasteiger charge is -2.36. The van der Waals surface area contributed by atoms with Crippen LogP contribution in [0.15, 0.2) is 0 Å². The van der Waals surface area contributed by atoms with Crippen molar-refractivity contribution in [3.8, 4) is 0 Å². The minimum Gasteiger partial charge on any atom is -0.370 e. The van der Waals surface area contributed by atoms with E-state index in [-0.39, 0.29) is 0 Å². The summed E-state index contributed by atoms with van der Waals surface area (Å²) < 4.78 is 6.91. The fourth-order valence-electron chi connectivity index (χ4n) is 4.54. The minimum atomic E-state index is 0.300. The molecule has 1 saturated heterocycles. The number of hydrogen-bond donors (Lipinski definition) is 1. The maximum Gasteiger partial charge on any atom is 0.0708 e. The molecule has 0 radical (unpaired) electrons. The van der Waals surface area contributed by atoms with Gasteiger partial charge in [0.2, 0.25) is 0 Å². The molecule has 1 spiro atoms. The van der Waals surface area contributed by atoms with Crippen LogP contribution < -0.4 is 5.32 Å². The Morgan fingerprint density at radius 1 is 1.00 bits per heavy atom. The zero-order chi connectivity index (χ0) is 13.9. The number of hydrogen-bond acceptors (Lipinski definition) is 3. The average Bonchev–Trinajstić information content (AvgIpc) is 3.11. The number of rotatable bonds is 5. The van der Waals surface area contributed by atoms with Crippen molar-refractivity contribution in [1.82, 2.24) is 5.32 Å². The molecule has 1 heterocycles. The summed E-state index contributed by atoms with van der Waals surface area (Å²) in [6.45, 7) is 2.26. The van der Waals surface area contributed by atoms with Gasteiger partial charge in [-0.3, -0.25) is 0 Å². The van der Waals surface area contributed by atoms with Crippen molar-refractivity contribution in [3.63, 3.8) is 0 Å². The average molecular weight is 298 g/mol. The Hall–Kier alpha value is 0.270. The van der Waals surface area contributed by atoms with Crippen LogP contribution in [0.4, 0.5) is 0 Å². The van der Waals surface area contributed by atoms with Gasteiger partial charge < -0.3 is 10.1 Å². The Balaban J connectivity index is 1.41. The summed E-state index contributed by atoms with van der Waals surface area (Å²) >= 11 is 2.09. The lowest BCUT2D eigenvalue weighted by atomic mass is 9.88. The van der Waals surface area contributed by atoms with Gasteiger partial charge in [-0.05, 0) is 44.8 Å². The van der Waals surface area contributed by atoms with Crippen LogP contribution in [0.5, 0.6) is 0 Å². The van der Waals surface area contributed by atoms with E-state index in [2.05, 4.69) is 23.3 Å². The molecule has 3 heteroatoms. The van der Waals surface area contributed by atoms with Crippen LogP contribution in [0.3, 0.4) is 0 Å². The van der Waals surface area contributed by atoms with E-state index < -0.39 is 0 Å². The van der Waals surface area contributed by atoms with E-state index in [4.69, 9.17) is 4.74 Å². The second kappa shape index (κ2) is 6.58. The van der Waals surface area contributed by atoms with E-state index in [1.807, 2.05) is 0 Å². The molecular formula is C17H31NOS. The van der Waals surface area contributed by atoms with E-state index >= 15 is 0 Å². The molecular weight excluding hydrogens is 266 g/mol. The van der Waals surface area contributed by atoms with Crippen molar-refractivity contribution in [2.24, 2.45) is 0 Å². The van der Waals surface area contributed by atoms with Crippen LogP contribution in [0.25, 0.3) is 0 Å².